The highest BCUT2D eigenvalue weighted by Crippen LogP contribution is 2.24. The van der Waals surface area contributed by atoms with Crippen LogP contribution >= 0.6 is 0 Å². The second kappa shape index (κ2) is 5.69. The third-order valence-corrected chi connectivity index (χ3v) is 3.18. The van der Waals surface area contributed by atoms with Crippen LogP contribution in [0, 0.1) is 0 Å². The van der Waals surface area contributed by atoms with Crippen LogP contribution in [0.4, 0.5) is 0 Å². The van der Waals surface area contributed by atoms with E-state index in [1.165, 1.54) is 5.56 Å². The lowest BCUT2D eigenvalue weighted by Gasteiger charge is -2.24. The molecule has 0 saturated carbocycles. The lowest BCUT2D eigenvalue weighted by molar-refractivity contribution is 0.413. The van der Waals surface area contributed by atoms with Gasteiger partial charge in [-0.3, -0.25) is 0 Å². The zero-order valence-electron chi connectivity index (χ0n) is 10.8. The number of imidazole rings is 1. The van der Waals surface area contributed by atoms with Crippen LogP contribution in [0.25, 0.3) is 0 Å². The lowest BCUT2D eigenvalue weighted by Crippen LogP contribution is -2.31. The smallest absolute Gasteiger partial charge is 0.118 e. The molecule has 96 valence electrons. The molecule has 1 heterocycles. The first-order valence-electron chi connectivity index (χ1n) is 6.13. The molecule has 0 amide bonds. The van der Waals surface area contributed by atoms with E-state index in [-0.39, 0.29) is 12.1 Å². The molecule has 4 heteroatoms. The summed E-state index contributed by atoms with van der Waals surface area (Å²) in [5.74, 6) is 0.855. The number of benzene rings is 1. The van der Waals surface area contributed by atoms with E-state index in [4.69, 9.17) is 10.5 Å². The summed E-state index contributed by atoms with van der Waals surface area (Å²) in [7, 11) is 1.67. The van der Waals surface area contributed by atoms with E-state index >= 15 is 0 Å². The molecule has 1 aromatic heterocycles. The van der Waals surface area contributed by atoms with Gasteiger partial charge in [0, 0.05) is 18.4 Å². The van der Waals surface area contributed by atoms with Gasteiger partial charge in [-0.2, -0.15) is 0 Å². The molecule has 0 fully saturated rings. The van der Waals surface area contributed by atoms with Crippen molar-refractivity contribution in [1.82, 2.24) is 9.55 Å². The van der Waals surface area contributed by atoms with Crippen LogP contribution in [0.2, 0.25) is 0 Å². The summed E-state index contributed by atoms with van der Waals surface area (Å²) in [6.45, 7) is 2.10. The number of aromatic nitrogens is 2. The maximum Gasteiger partial charge on any atom is 0.118 e. The Morgan fingerprint density at radius 1 is 1.33 bits per heavy atom. The highest BCUT2D eigenvalue weighted by atomic mass is 16.5. The van der Waals surface area contributed by atoms with Crippen LogP contribution in [0.1, 0.15) is 24.9 Å². The van der Waals surface area contributed by atoms with Crippen LogP contribution in [0.15, 0.2) is 43.0 Å². The Balaban J connectivity index is 2.33. The molecule has 0 aliphatic rings. The van der Waals surface area contributed by atoms with Gasteiger partial charge in [0.25, 0.3) is 0 Å². The van der Waals surface area contributed by atoms with Gasteiger partial charge in [-0.1, -0.05) is 19.1 Å². The van der Waals surface area contributed by atoms with Gasteiger partial charge in [-0.15, -0.1) is 0 Å². The van der Waals surface area contributed by atoms with E-state index in [0.29, 0.717) is 0 Å². The van der Waals surface area contributed by atoms with Crippen LogP contribution < -0.4 is 10.5 Å². The molecule has 2 N–H and O–H groups in total. The normalized spacial score (nSPS) is 14.2. The Kier molecular flexibility index (Phi) is 3.99. The number of nitrogens with two attached hydrogens (primary N) is 1. The molecule has 0 spiro atoms. The molecule has 0 aliphatic carbocycles. The number of methoxy groups -OCH3 is 1. The van der Waals surface area contributed by atoms with Crippen molar-refractivity contribution in [3.8, 4) is 5.75 Å². The number of rotatable bonds is 5. The molecule has 0 bridgehead atoms. The van der Waals surface area contributed by atoms with Crippen molar-refractivity contribution < 1.29 is 4.74 Å². The maximum atomic E-state index is 6.23. The van der Waals surface area contributed by atoms with E-state index < -0.39 is 0 Å². The molecule has 0 saturated heterocycles. The summed E-state index contributed by atoms with van der Waals surface area (Å²) in [4.78, 5) is 4.10. The average molecular weight is 245 g/mol. The molecule has 2 unspecified atom stereocenters. The van der Waals surface area contributed by atoms with E-state index in [2.05, 4.69) is 28.6 Å². The van der Waals surface area contributed by atoms with Crippen molar-refractivity contribution in [2.45, 2.75) is 25.4 Å². The molecule has 4 nitrogen and oxygen atoms in total. The van der Waals surface area contributed by atoms with Gasteiger partial charge >= 0.3 is 0 Å². The second-order valence-corrected chi connectivity index (χ2v) is 4.30. The summed E-state index contributed by atoms with van der Waals surface area (Å²) in [6, 6.07) is 8.21. The number of nitrogens with zero attached hydrogens (tertiary/aromatic N) is 2. The van der Waals surface area contributed by atoms with E-state index in [1.807, 2.05) is 24.7 Å². The van der Waals surface area contributed by atoms with Crippen LogP contribution in [-0.4, -0.2) is 22.7 Å². The van der Waals surface area contributed by atoms with Gasteiger partial charge in [-0.05, 0) is 24.1 Å². The minimum absolute atomic E-state index is 0.0626. The number of hydrogen-bond acceptors (Lipinski definition) is 3. The van der Waals surface area contributed by atoms with Crippen molar-refractivity contribution in [2.75, 3.05) is 7.11 Å². The van der Waals surface area contributed by atoms with Crippen molar-refractivity contribution in [2.24, 2.45) is 5.73 Å². The third-order valence-electron chi connectivity index (χ3n) is 3.18. The van der Waals surface area contributed by atoms with Gasteiger partial charge < -0.3 is 15.0 Å². The van der Waals surface area contributed by atoms with Crippen LogP contribution in [-0.2, 0) is 0 Å². The zero-order valence-corrected chi connectivity index (χ0v) is 10.8. The average Bonchev–Trinajstić information content (AvgIpc) is 2.93. The Labute approximate surface area is 107 Å². The molecule has 18 heavy (non-hydrogen) atoms. The van der Waals surface area contributed by atoms with Gasteiger partial charge in [0.15, 0.2) is 0 Å². The van der Waals surface area contributed by atoms with Crippen LogP contribution in [0.3, 0.4) is 0 Å². The Hall–Kier alpha value is -1.81. The van der Waals surface area contributed by atoms with Gasteiger partial charge in [-0.25, -0.2) is 4.98 Å². The first-order chi connectivity index (χ1) is 8.76. The molecule has 0 radical (unpaired) electrons. The number of ether oxygens (including phenoxy) is 1. The predicted octanol–water partition coefficient (Wildman–Crippen LogP) is 2.22. The molecular weight excluding hydrogens is 226 g/mol. The van der Waals surface area contributed by atoms with Crippen molar-refractivity contribution in [1.29, 1.82) is 0 Å². The minimum Gasteiger partial charge on any atom is -0.497 e. The predicted molar refractivity (Wildman–Crippen MR) is 71.6 cm³/mol. The van der Waals surface area contributed by atoms with E-state index in [0.717, 1.165) is 12.2 Å². The lowest BCUT2D eigenvalue weighted by atomic mass is 9.98. The Morgan fingerprint density at radius 2 is 2.06 bits per heavy atom. The molecule has 1 aromatic carbocycles. The minimum atomic E-state index is 0.0626. The summed E-state index contributed by atoms with van der Waals surface area (Å²) in [6.07, 6.45) is 6.45. The topological polar surface area (TPSA) is 53.1 Å². The molecule has 2 aromatic rings. The van der Waals surface area contributed by atoms with Crippen molar-refractivity contribution in [3.05, 3.63) is 48.5 Å². The van der Waals surface area contributed by atoms with E-state index in [9.17, 15) is 0 Å². The highest BCUT2D eigenvalue weighted by Gasteiger charge is 2.19. The van der Waals surface area contributed by atoms with Crippen molar-refractivity contribution in [3.63, 3.8) is 0 Å². The SMILES string of the molecule is CCC(N)C(c1ccc(OC)cc1)n1ccnc1. The van der Waals surface area contributed by atoms with Crippen molar-refractivity contribution >= 4 is 0 Å². The fourth-order valence-electron chi connectivity index (χ4n) is 2.10. The largest absolute Gasteiger partial charge is 0.497 e. The first-order valence-corrected chi connectivity index (χ1v) is 6.13. The first kappa shape index (κ1) is 12.6. The number of hydrogen-bond donors (Lipinski definition) is 1. The summed E-state index contributed by atoms with van der Waals surface area (Å²) < 4.78 is 7.23. The van der Waals surface area contributed by atoms with Gasteiger partial charge in [0.05, 0.1) is 19.5 Å². The Bertz CT molecular complexity index is 464. The molecular formula is C14H19N3O. The monoisotopic (exact) mass is 245 g/mol. The zero-order chi connectivity index (χ0) is 13.0. The fourth-order valence-corrected chi connectivity index (χ4v) is 2.10. The molecule has 2 rings (SSSR count). The van der Waals surface area contributed by atoms with Crippen LogP contribution in [0.5, 0.6) is 5.75 Å². The summed E-state index contributed by atoms with van der Waals surface area (Å²) in [5, 5.41) is 0. The standard InChI is InChI=1S/C14H19N3O/c1-3-13(15)14(17-9-8-16-10-17)11-4-6-12(18-2)7-5-11/h4-10,13-14H,3,15H2,1-2H3. The third kappa shape index (κ3) is 2.54. The van der Waals surface area contributed by atoms with Gasteiger partial charge in [0.1, 0.15) is 5.75 Å². The fraction of sp³-hybridized carbons (Fsp3) is 0.357. The molecule has 0 aliphatic heterocycles. The molecule has 2 atom stereocenters. The highest BCUT2D eigenvalue weighted by molar-refractivity contribution is 5.30. The quantitative estimate of drug-likeness (QED) is 0.878. The second-order valence-electron chi connectivity index (χ2n) is 4.30. The van der Waals surface area contributed by atoms with Gasteiger partial charge in [0.2, 0.25) is 0 Å². The van der Waals surface area contributed by atoms with E-state index in [1.54, 1.807) is 13.3 Å². The summed E-state index contributed by atoms with van der Waals surface area (Å²) >= 11 is 0. The maximum absolute atomic E-state index is 6.23. The summed E-state index contributed by atoms with van der Waals surface area (Å²) in [5.41, 5.74) is 7.40. The Morgan fingerprint density at radius 3 is 2.56 bits per heavy atom.